The van der Waals surface area contributed by atoms with Crippen LogP contribution in [0, 0.1) is 17.6 Å². The van der Waals surface area contributed by atoms with E-state index in [1.165, 1.54) is 4.90 Å². The number of hydrogen-bond acceptors (Lipinski definition) is 3. The molecule has 1 aliphatic carbocycles. The average molecular weight is 392 g/mol. The van der Waals surface area contributed by atoms with Gasteiger partial charge in [-0.2, -0.15) is 0 Å². The molecule has 0 bridgehead atoms. The first-order valence-electron chi connectivity index (χ1n) is 10.1. The minimum absolute atomic E-state index is 0.123. The van der Waals surface area contributed by atoms with Crippen LogP contribution in [0.25, 0.3) is 0 Å². The third-order valence-electron chi connectivity index (χ3n) is 6.40. The molecule has 1 aromatic rings. The molecule has 2 heterocycles. The molecule has 0 radical (unpaired) electrons. The number of ether oxygens (including phenoxy) is 1. The van der Waals surface area contributed by atoms with Crippen LogP contribution in [0.4, 0.5) is 8.78 Å². The molecule has 28 heavy (non-hydrogen) atoms. The second-order valence-electron chi connectivity index (χ2n) is 8.29. The Balaban J connectivity index is 1.69. The second-order valence-corrected chi connectivity index (χ2v) is 8.29. The van der Waals surface area contributed by atoms with Crippen molar-refractivity contribution in [2.24, 2.45) is 5.92 Å². The Morgan fingerprint density at radius 3 is 2.46 bits per heavy atom. The Morgan fingerprint density at radius 2 is 1.82 bits per heavy atom. The van der Waals surface area contributed by atoms with Gasteiger partial charge >= 0.3 is 0 Å². The van der Waals surface area contributed by atoms with E-state index >= 15 is 0 Å². The fraction of sp³-hybridized carbons (Fsp3) is 0.619. The van der Waals surface area contributed by atoms with Crippen LogP contribution in [0.1, 0.15) is 55.8 Å². The number of rotatable bonds is 2. The lowest BCUT2D eigenvalue weighted by atomic mass is 9.83. The van der Waals surface area contributed by atoms with Crippen LogP contribution in [-0.2, 0) is 9.53 Å². The van der Waals surface area contributed by atoms with Gasteiger partial charge in [0.1, 0.15) is 23.4 Å². The summed E-state index contributed by atoms with van der Waals surface area (Å²) in [4.78, 5) is 29.7. The lowest BCUT2D eigenvalue weighted by Gasteiger charge is -2.43. The topological polar surface area (TPSA) is 49.9 Å². The van der Waals surface area contributed by atoms with E-state index in [4.69, 9.17) is 4.74 Å². The summed E-state index contributed by atoms with van der Waals surface area (Å²) < 4.78 is 33.8. The lowest BCUT2D eigenvalue weighted by molar-refractivity contribution is -0.136. The Hall–Kier alpha value is -2.02. The number of hydrogen-bond donors (Lipinski definition) is 0. The largest absolute Gasteiger partial charge is 0.353 e. The summed E-state index contributed by atoms with van der Waals surface area (Å²) in [6.45, 7) is 3.62. The summed E-state index contributed by atoms with van der Waals surface area (Å²) in [6, 6.07) is 2.17. The molecule has 0 N–H and O–H groups in total. The first-order valence-corrected chi connectivity index (χ1v) is 10.1. The molecule has 2 amide bonds. The van der Waals surface area contributed by atoms with Gasteiger partial charge in [-0.1, -0.05) is 6.92 Å². The number of amides is 2. The Bertz CT molecular complexity index is 771. The molecule has 1 atom stereocenters. The van der Waals surface area contributed by atoms with Gasteiger partial charge in [-0.05, 0) is 56.6 Å². The van der Waals surface area contributed by atoms with Gasteiger partial charge in [0.05, 0.1) is 12.2 Å². The van der Waals surface area contributed by atoms with Crippen LogP contribution in [0.15, 0.2) is 18.2 Å². The number of carbonyl (C=O) groups excluding carboxylic acids is 2. The Morgan fingerprint density at radius 1 is 1.14 bits per heavy atom. The molecule has 4 rings (SSSR count). The lowest BCUT2D eigenvalue weighted by Crippen LogP contribution is -2.57. The van der Waals surface area contributed by atoms with Crippen LogP contribution in [0.5, 0.6) is 0 Å². The van der Waals surface area contributed by atoms with E-state index in [9.17, 15) is 18.4 Å². The fourth-order valence-corrected chi connectivity index (χ4v) is 4.71. The first-order chi connectivity index (χ1) is 13.4. The average Bonchev–Trinajstić information content (AvgIpc) is 3.32. The molecule has 1 spiro atoms. The van der Waals surface area contributed by atoms with Gasteiger partial charge < -0.3 is 9.64 Å². The van der Waals surface area contributed by atoms with Gasteiger partial charge in [0.2, 0.25) is 5.91 Å². The van der Waals surface area contributed by atoms with Gasteiger partial charge in [0, 0.05) is 19.2 Å². The standard InChI is InChI=1S/C21H26F2N2O3/c1-14-6-8-21(9-7-14)25(19(26)16-5-4-15(22)12-17(16)23)18(13-28-21)20(27)24-10-2-3-11-24/h4-5,12,14,18H,2-3,6-11,13H2,1H3. The minimum atomic E-state index is -0.913. The predicted octanol–water partition coefficient (Wildman–Crippen LogP) is 3.33. The zero-order chi connectivity index (χ0) is 19.9. The van der Waals surface area contributed by atoms with Crippen LogP contribution < -0.4 is 0 Å². The zero-order valence-electron chi connectivity index (χ0n) is 16.1. The molecule has 1 unspecified atom stereocenters. The molecule has 2 saturated heterocycles. The van der Waals surface area contributed by atoms with Crippen molar-refractivity contribution < 1.29 is 23.1 Å². The van der Waals surface area contributed by atoms with Crippen molar-refractivity contribution in [1.29, 1.82) is 0 Å². The van der Waals surface area contributed by atoms with Gasteiger partial charge in [0.15, 0.2) is 0 Å². The summed E-state index contributed by atoms with van der Waals surface area (Å²) in [7, 11) is 0. The van der Waals surface area contributed by atoms with Crippen molar-refractivity contribution in [3.8, 4) is 0 Å². The van der Waals surface area contributed by atoms with Crippen LogP contribution in [0.3, 0.4) is 0 Å². The van der Waals surface area contributed by atoms with Gasteiger partial charge in [-0.25, -0.2) is 8.78 Å². The van der Waals surface area contributed by atoms with Gasteiger partial charge in [-0.3, -0.25) is 14.5 Å². The summed E-state index contributed by atoms with van der Waals surface area (Å²) in [5.41, 5.74) is -1.10. The molecule has 2 aliphatic heterocycles. The molecule has 1 aromatic carbocycles. The van der Waals surface area contributed by atoms with Crippen molar-refractivity contribution >= 4 is 11.8 Å². The monoisotopic (exact) mass is 392 g/mol. The second kappa shape index (κ2) is 7.43. The third kappa shape index (κ3) is 3.30. The maximum absolute atomic E-state index is 14.4. The molecule has 1 saturated carbocycles. The van der Waals surface area contributed by atoms with Crippen LogP contribution in [0.2, 0.25) is 0 Å². The zero-order valence-corrected chi connectivity index (χ0v) is 16.1. The number of likely N-dealkylation sites (tertiary alicyclic amines) is 1. The van der Waals surface area contributed by atoms with E-state index in [1.54, 1.807) is 4.90 Å². The number of nitrogens with zero attached hydrogens (tertiary/aromatic N) is 2. The van der Waals surface area contributed by atoms with Crippen molar-refractivity contribution in [2.75, 3.05) is 19.7 Å². The predicted molar refractivity (Wildman–Crippen MR) is 98.4 cm³/mol. The molecule has 0 aromatic heterocycles. The third-order valence-corrected chi connectivity index (χ3v) is 6.40. The van der Waals surface area contributed by atoms with Crippen molar-refractivity contribution in [3.05, 3.63) is 35.4 Å². The molecule has 5 nitrogen and oxygen atoms in total. The van der Waals surface area contributed by atoms with E-state index in [1.807, 2.05) is 0 Å². The van der Waals surface area contributed by atoms with E-state index < -0.39 is 29.3 Å². The summed E-state index contributed by atoms with van der Waals surface area (Å²) in [6.07, 6.45) is 4.88. The van der Waals surface area contributed by atoms with E-state index in [0.29, 0.717) is 37.9 Å². The number of benzene rings is 1. The van der Waals surface area contributed by atoms with Gasteiger partial charge in [0.25, 0.3) is 5.91 Å². The fourth-order valence-electron chi connectivity index (χ4n) is 4.71. The maximum atomic E-state index is 14.4. The highest BCUT2D eigenvalue weighted by Gasteiger charge is 2.54. The molecular weight excluding hydrogens is 366 g/mol. The Labute approximate surface area is 163 Å². The minimum Gasteiger partial charge on any atom is -0.353 e. The number of halogens is 2. The summed E-state index contributed by atoms with van der Waals surface area (Å²) >= 11 is 0. The molecular formula is C21H26F2N2O3. The first kappa shape index (κ1) is 19.3. The highest BCUT2D eigenvalue weighted by molar-refractivity contribution is 5.98. The molecule has 152 valence electrons. The SMILES string of the molecule is CC1CCC2(CC1)OCC(C(=O)N1CCCC1)N2C(=O)c1ccc(F)cc1F. The summed E-state index contributed by atoms with van der Waals surface area (Å²) in [5, 5.41) is 0. The molecule has 3 aliphatic rings. The smallest absolute Gasteiger partial charge is 0.259 e. The highest BCUT2D eigenvalue weighted by atomic mass is 19.1. The molecule has 3 fully saturated rings. The Kier molecular flexibility index (Phi) is 5.12. The normalized spacial score (nSPS) is 30.2. The van der Waals surface area contributed by atoms with Crippen molar-refractivity contribution in [1.82, 2.24) is 9.80 Å². The van der Waals surface area contributed by atoms with Crippen molar-refractivity contribution in [2.45, 2.75) is 57.2 Å². The highest BCUT2D eigenvalue weighted by Crippen LogP contribution is 2.43. The van der Waals surface area contributed by atoms with E-state index in [0.717, 1.165) is 37.8 Å². The molecule has 7 heteroatoms. The van der Waals surface area contributed by atoms with Crippen molar-refractivity contribution in [3.63, 3.8) is 0 Å². The van der Waals surface area contributed by atoms with E-state index in [-0.39, 0.29) is 18.1 Å². The number of carbonyl (C=O) groups is 2. The van der Waals surface area contributed by atoms with Gasteiger partial charge in [-0.15, -0.1) is 0 Å². The van der Waals surface area contributed by atoms with E-state index in [2.05, 4.69) is 6.92 Å². The van der Waals surface area contributed by atoms with Crippen LogP contribution >= 0.6 is 0 Å². The quantitative estimate of drug-likeness (QED) is 0.776. The maximum Gasteiger partial charge on any atom is 0.259 e. The summed E-state index contributed by atoms with van der Waals surface area (Å²) in [5.74, 6) is -1.87. The van der Waals surface area contributed by atoms with Crippen LogP contribution in [-0.4, -0.2) is 53.1 Å².